The topological polar surface area (TPSA) is 110 Å². The average molecular weight is 417 g/mol. The van der Waals surface area contributed by atoms with Crippen molar-refractivity contribution < 1.29 is 19.7 Å². The fourth-order valence-electron chi connectivity index (χ4n) is 4.01. The Balaban J connectivity index is 2.14. The Labute approximate surface area is 177 Å². The zero-order chi connectivity index (χ0) is 22.0. The molecule has 8 nitrogen and oxygen atoms in total. The molecule has 1 aromatic carbocycles. The molecule has 0 unspecified atom stereocenters. The molecule has 0 atom stereocenters. The molecule has 1 saturated carbocycles. The molecule has 0 radical (unpaired) electrons. The van der Waals surface area contributed by atoms with Gasteiger partial charge in [0.05, 0.1) is 18.8 Å². The number of methoxy groups -OCH3 is 1. The lowest BCUT2D eigenvalue weighted by molar-refractivity contribution is 0.0910. The monoisotopic (exact) mass is 416 g/mol. The highest BCUT2D eigenvalue weighted by molar-refractivity contribution is 5.91. The van der Waals surface area contributed by atoms with Gasteiger partial charge < -0.3 is 20.3 Å². The number of carbonyl (C=O) groups excluding carboxylic acids is 1. The number of hydrogen-bond acceptors (Lipinski definition) is 6. The number of aromatic hydroxyl groups is 1. The van der Waals surface area contributed by atoms with Gasteiger partial charge in [0, 0.05) is 18.2 Å². The van der Waals surface area contributed by atoms with Gasteiger partial charge in [-0.1, -0.05) is 13.8 Å². The summed E-state index contributed by atoms with van der Waals surface area (Å²) in [4.78, 5) is 12.8. The van der Waals surface area contributed by atoms with Gasteiger partial charge in [0.15, 0.2) is 5.82 Å². The zero-order valence-corrected chi connectivity index (χ0v) is 18.3. The molecular weight excluding hydrogens is 384 g/mol. The summed E-state index contributed by atoms with van der Waals surface area (Å²) in [6.45, 7) is 7.88. The van der Waals surface area contributed by atoms with Crippen LogP contribution < -0.4 is 10.1 Å². The van der Waals surface area contributed by atoms with Crippen LogP contribution in [-0.2, 0) is 0 Å². The van der Waals surface area contributed by atoms with Crippen molar-refractivity contribution in [2.24, 2.45) is 0 Å². The van der Waals surface area contributed by atoms with E-state index in [1.165, 1.54) is 0 Å². The van der Waals surface area contributed by atoms with Gasteiger partial charge in [-0.25, -0.2) is 0 Å². The Kier molecular flexibility index (Phi) is 6.65. The summed E-state index contributed by atoms with van der Waals surface area (Å²) in [5.74, 6) is 1.18. The highest BCUT2D eigenvalue weighted by Crippen LogP contribution is 2.40. The van der Waals surface area contributed by atoms with Gasteiger partial charge in [-0.05, 0) is 57.1 Å². The fraction of sp³-hybridized carbons (Fsp3) is 0.591. The Morgan fingerprint density at radius 3 is 2.40 bits per heavy atom. The summed E-state index contributed by atoms with van der Waals surface area (Å²) in [5, 5.41) is 32.1. The van der Waals surface area contributed by atoms with Crippen molar-refractivity contribution in [3.8, 4) is 22.9 Å². The maximum atomic E-state index is 12.8. The summed E-state index contributed by atoms with van der Waals surface area (Å²) < 4.78 is 7.26. The first-order valence-electron chi connectivity index (χ1n) is 10.6. The highest BCUT2D eigenvalue weighted by atomic mass is 16.5. The van der Waals surface area contributed by atoms with Gasteiger partial charge in [-0.15, -0.1) is 10.2 Å². The second kappa shape index (κ2) is 9.04. The molecule has 0 spiro atoms. The largest absolute Gasteiger partial charge is 0.507 e. The first-order valence-corrected chi connectivity index (χ1v) is 10.6. The molecule has 30 heavy (non-hydrogen) atoms. The standard InChI is InChI=1S/C22H32N4O4/c1-12(2)16-10-17(18(28)11-19(16)30-5)20-24-25-21(22(29)23-13(3)4)26(20)14-6-8-15(27)9-7-14/h10-15,27-28H,6-9H2,1-5H3,(H,23,29). The van der Waals surface area contributed by atoms with Crippen LogP contribution in [0.15, 0.2) is 12.1 Å². The van der Waals surface area contributed by atoms with Crippen LogP contribution in [0.2, 0.25) is 0 Å². The van der Waals surface area contributed by atoms with Gasteiger partial charge in [0.2, 0.25) is 5.82 Å². The Morgan fingerprint density at radius 2 is 1.83 bits per heavy atom. The lowest BCUT2D eigenvalue weighted by Crippen LogP contribution is -2.34. The minimum absolute atomic E-state index is 0.0246. The van der Waals surface area contributed by atoms with Gasteiger partial charge in [-0.3, -0.25) is 9.36 Å². The van der Waals surface area contributed by atoms with Gasteiger partial charge in [0.1, 0.15) is 11.5 Å². The number of ether oxygens (including phenoxy) is 1. The Bertz CT molecular complexity index is 899. The van der Waals surface area contributed by atoms with E-state index < -0.39 is 0 Å². The molecule has 164 valence electrons. The van der Waals surface area contributed by atoms with Crippen LogP contribution in [0.5, 0.6) is 11.5 Å². The summed E-state index contributed by atoms with van der Waals surface area (Å²) in [7, 11) is 1.57. The van der Waals surface area contributed by atoms with Crippen molar-refractivity contribution in [1.82, 2.24) is 20.1 Å². The van der Waals surface area contributed by atoms with Crippen LogP contribution in [0.3, 0.4) is 0 Å². The van der Waals surface area contributed by atoms with E-state index in [1.54, 1.807) is 13.2 Å². The van der Waals surface area contributed by atoms with Crippen molar-refractivity contribution in [2.45, 2.75) is 77.5 Å². The maximum absolute atomic E-state index is 12.8. The molecule has 0 bridgehead atoms. The van der Waals surface area contributed by atoms with E-state index >= 15 is 0 Å². The van der Waals surface area contributed by atoms with Crippen molar-refractivity contribution in [2.75, 3.05) is 7.11 Å². The number of aliphatic hydroxyl groups excluding tert-OH is 1. The maximum Gasteiger partial charge on any atom is 0.289 e. The summed E-state index contributed by atoms with van der Waals surface area (Å²) in [6.07, 6.45) is 2.40. The highest BCUT2D eigenvalue weighted by Gasteiger charge is 2.30. The second-order valence-corrected chi connectivity index (χ2v) is 8.57. The number of benzene rings is 1. The van der Waals surface area contributed by atoms with E-state index in [0.29, 0.717) is 42.8 Å². The van der Waals surface area contributed by atoms with Crippen molar-refractivity contribution in [1.29, 1.82) is 0 Å². The fourth-order valence-corrected chi connectivity index (χ4v) is 4.01. The van der Waals surface area contributed by atoms with Gasteiger partial charge in [-0.2, -0.15) is 0 Å². The normalized spacial score (nSPS) is 19.3. The smallest absolute Gasteiger partial charge is 0.289 e. The van der Waals surface area contributed by atoms with E-state index in [4.69, 9.17) is 4.74 Å². The third kappa shape index (κ3) is 4.43. The molecule has 3 N–H and O–H groups in total. The van der Waals surface area contributed by atoms with Crippen LogP contribution in [0.1, 0.15) is 81.5 Å². The Hall–Kier alpha value is -2.61. The van der Waals surface area contributed by atoms with E-state index in [1.807, 2.05) is 38.3 Å². The number of carbonyl (C=O) groups is 1. The summed E-state index contributed by atoms with van der Waals surface area (Å²) in [5.41, 5.74) is 1.45. The number of rotatable bonds is 6. The number of aliphatic hydroxyl groups is 1. The molecular formula is C22H32N4O4. The number of amides is 1. The average Bonchev–Trinajstić information content (AvgIpc) is 3.12. The van der Waals surface area contributed by atoms with Crippen LogP contribution in [-0.4, -0.2) is 50.1 Å². The van der Waals surface area contributed by atoms with Crippen molar-refractivity contribution in [3.05, 3.63) is 23.5 Å². The molecule has 1 aromatic heterocycles. The summed E-state index contributed by atoms with van der Waals surface area (Å²) >= 11 is 0. The molecule has 1 amide bonds. The molecule has 1 heterocycles. The third-order valence-electron chi connectivity index (χ3n) is 5.56. The van der Waals surface area contributed by atoms with Crippen molar-refractivity contribution in [3.63, 3.8) is 0 Å². The predicted molar refractivity (Wildman–Crippen MR) is 114 cm³/mol. The zero-order valence-electron chi connectivity index (χ0n) is 18.3. The molecule has 0 saturated heterocycles. The molecule has 0 aliphatic heterocycles. The first kappa shape index (κ1) is 22.1. The summed E-state index contributed by atoms with van der Waals surface area (Å²) in [6, 6.07) is 3.38. The molecule has 2 aromatic rings. The first-order chi connectivity index (χ1) is 14.2. The van der Waals surface area contributed by atoms with Crippen LogP contribution >= 0.6 is 0 Å². The SMILES string of the molecule is COc1cc(O)c(-c2nnc(C(=O)NC(C)C)n2C2CCC(O)CC2)cc1C(C)C. The van der Waals surface area contributed by atoms with E-state index in [-0.39, 0.29) is 41.6 Å². The number of phenols is 1. The molecule has 8 heteroatoms. The molecule has 1 aliphatic carbocycles. The number of phenolic OH excluding ortho intramolecular Hbond substituents is 1. The Morgan fingerprint density at radius 1 is 1.17 bits per heavy atom. The van der Waals surface area contributed by atoms with Crippen LogP contribution in [0.25, 0.3) is 11.4 Å². The van der Waals surface area contributed by atoms with Crippen LogP contribution in [0.4, 0.5) is 0 Å². The quantitative estimate of drug-likeness (QED) is 0.666. The lowest BCUT2D eigenvalue weighted by Gasteiger charge is -2.28. The van der Waals surface area contributed by atoms with E-state index in [2.05, 4.69) is 15.5 Å². The van der Waals surface area contributed by atoms with E-state index in [0.717, 1.165) is 5.56 Å². The number of nitrogens with zero attached hydrogens (tertiary/aromatic N) is 3. The lowest BCUT2D eigenvalue weighted by atomic mass is 9.92. The minimum atomic E-state index is -0.323. The predicted octanol–water partition coefficient (Wildman–Crippen LogP) is 3.40. The number of hydrogen-bond donors (Lipinski definition) is 3. The van der Waals surface area contributed by atoms with Gasteiger partial charge >= 0.3 is 0 Å². The number of aromatic nitrogens is 3. The molecule has 3 rings (SSSR count). The second-order valence-electron chi connectivity index (χ2n) is 8.57. The third-order valence-corrected chi connectivity index (χ3v) is 5.56. The minimum Gasteiger partial charge on any atom is -0.507 e. The van der Waals surface area contributed by atoms with E-state index in [9.17, 15) is 15.0 Å². The molecule has 1 fully saturated rings. The van der Waals surface area contributed by atoms with Gasteiger partial charge in [0.25, 0.3) is 5.91 Å². The van der Waals surface area contributed by atoms with Crippen LogP contribution in [0, 0.1) is 0 Å². The molecule has 1 aliphatic rings. The van der Waals surface area contributed by atoms with Crippen molar-refractivity contribution >= 4 is 5.91 Å². The number of nitrogens with one attached hydrogen (secondary N) is 1.